The maximum Gasteiger partial charge on any atom is 0.321 e. The van der Waals surface area contributed by atoms with E-state index in [0.29, 0.717) is 13.0 Å². The molecule has 0 aromatic rings. The molecule has 7 heteroatoms. The van der Waals surface area contributed by atoms with Crippen molar-refractivity contribution in [3.63, 3.8) is 0 Å². The van der Waals surface area contributed by atoms with E-state index < -0.39 is 40.7 Å². The number of ether oxygens (including phenoxy) is 3. The fourth-order valence-corrected chi connectivity index (χ4v) is 5.40. The molecule has 1 spiro atoms. The molecule has 2 saturated heterocycles. The van der Waals surface area contributed by atoms with Gasteiger partial charge < -0.3 is 24.4 Å². The van der Waals surface area contributed by atoms with Crippen LogP contribution in [0, 0.1) is 10.8 Å². The number of aliphatic hydroxyl groups excluding tert-OH is 2. The summed E-state index contributed by atoms with van der Waals surface area (Å²) in [6.07, 6.45) is 0.825. The molecule has 4 rings (SSSR count). The first-order valence-electron chi connectivity index (χ1n) is 8.37. The van der Waals surface area contributed by atoms with Crippen LogP contribution in [0.25, 0.3) is 0 Å². The number of hydrogen-bond acceptors (Lipinski definition) is 6. The average molecular weight is 359 g/mol. The summed E-state index contributed by atoms with van der Waals surface area (Å²) < 4.78 is 17.5. The van der Waals surface area contributed by atoms with Gasteiger partial charge in [-0.3, -0.25) is 4.79 Å². The predicted octanol–water partition coefficient (Wildman–Crippen LogP) is 0.773. The minimum atomic E-state index is -0.985. The van der Waals surface area contributed by atoms with E-state index >= 15 is 0 Å². The Bertz CT molecular complexity index is 602. The van der Waals surface area contributed by atoms with Crippen molar-refractivity contribution in [2.75, 3.05) is 19.1 Å². The van der Waals surface area contributed by atoms with Gasteiger partial charge in [0.05, 0.1) is 19.3 Å². The van der Waals surface area contributed by atoms with Crippen molar-refractivity contribution in [2.24, 2.45) is 10.8 Å². The van der Waals surface area contributed by atoms with E-state index in [1.807, 2.05) is 19.9 Å². The van der Waals surface area contributed by atoms with Crippen LogP contribution < -0.4 is 0 Å². The number of aliphatic hydroxyl groups is 2. The Morgan fingerprint density at radius 1 is 1.54 bits per heavy atom. The van der Waals surface area contributed by atoms with E-state index in [4.69, 9.17) is 25.8 Å². The van der Waals surface area contributed by atoms with Crippen molar-refractivity contribution < 1.29 is 29.2 Å². The predicted molar refractivity (Wildman–Crippen MR) is 84.6 cm³/mol. The second-order valence-electron chi connectivity index (χ2n) is 7.72. The number of hydrogen-bond donors (Lipinski definition) is 2. The molecular weight excluding hydrogens is 336 g/mol. The fourth-order valence-electron chi connectivity index (χ4n) is 5.34. The standard InChI is InChI=1S/C17H23ClO6/c1-9-3-4-16(7-19)10(5-9)23-14-12(24-11(20)6-18)13(21)15(16,2)17(14)8-22-17/h5,10,12-14,19,21H,3-4,6-8H2,1-2H3/t10-,12-,13-,14-,15-,16-,17+/m1/s1. The van der Waals surface area contributed by atoms with Crippen molar-refractivity contribution >= 4 is 17.6 Å². The van der Waals surface area contributed by atoms with Crippen LogP contribution in [0.5, 0.6) is 0 Å². The maximum atomic E-state index is 11.7. The SMILES string of the molecule is CC1=C[C@H]2O[C@@H]3[C@H](OC(=O)CCl)[C@@H](O)[C@](C)([C@@]2(CO)CC1)[C@]31CO1. The van der Waals surface area contributed by atoms with Crippen LogP contribution in [0.2, 0.25) is 0 Å². The maximum absolute atomic E-state index is 11.7. The second kappa shape index (κ2) is 5.17. The highest BCUT2D eigenvalue weighted by molar-refractivity contribution is 6.26. The summed E-state index contributed by atoms with van der Waals surface area (Å²) >= 11 is 5.56. The second-order valence-corrected chi connectivity index (χ2v) is 7.99. The third-order valence-corrected chi connectivity index (χ3v) is 7.15. The minimum absolute atomic E-state index is 0.122. The van der Waals surface area contributed by atoms with E-state index in [1.54, 1.807) is 0 Å². The Morgan fingerprint density at radius 3 is 2.83 bits per heavy atom. The Hall–Kier alpha value is -0.660. The molecule has 6 nitrogen and oxygen atoms in total. The van der Waals surface area contributed by atoms with Gasteiger partial charge in [-0.05, 0) is 19.8 Å². The number of rotatable bonds is 3. The van der Waals surface area contributed by atoms with Gasteiger partial charge >= 0.3 is 5.97 Å². The minimum Gasteiger partial charge on any atom is -0.456 e. The highest BCUT2D eigenvalue weighted by Crippen LogP contribution is 2.71. The van der Waals surface area contributed by atoms with Crippen molar-refractivity contribution in [1.82, 2.24) is 0 Å². The lowest BCUT2D eigenvalue weighted by molar-refractivity contribution is -0.226. The number of epoxide rings is 1. The van der Waals surface area contributed by atoms with Gasteiger partial charge in [0.1, 0.15) is 23.7 Å². The molecule has 3 fully saturated rings. The molecule has 0 aromatic heterocycles. The molecule has 2 aliphatic heterocycles. The summed E-state index contributed by atoms with van der Waals surface area (Å²) in [5, 5.41) is 21.5. The molecule has 0 unspecified atom stereocenters. The van der Waals surface area contributed by atoms with E-state index in [2.05, 4.69) is 0 Å². The number of halogens is 1. The lowest BCUT2D eigenvalue weighted by Gasteiger charge is -2.57. The molecule has 2 N–H and O–H groups in total. The molecular formula is C17H23ClO6. The van der Waals surface area contributed by atoms with Crippen molar-refractivity contribution in [2.45, 2.75) is 56.7 Å². The van der Waals surface area contributed by atoms with Crippen LogP contribution >= 0.6 is 11.6 Å². The molecule has 1 saturated carbocycles. The number of carbonyl (C=O) groups is 1. The molecule has 24 heavy (non-hydrogen) atoms. The third kappa shape index (κ3) is 1.73. The first-order chi connectivity index (χ1) is 11.4. The van der Waals surface area contributed by atoms with Gasteiger partial charge in [-0.25, -0.2) is 0 Å². The molecule has 7 atom stereocenters. The number of allylic oxidation sites excluding steroid dienone is 1. The van der Waals surface area contributed by atoms with Crippen LogP contribution in [0.15, 0.2) is 11.6 Å². The van der Waals surface area contributed by atoms with Crippen molar-refractivity contribution in [3.8, 4) is 0 Å². The molecule has 4 aliphatic rings. The summed E-state index contributed by atoms with van der Waals surface area (Å²) in [5.74, 6) is -0.877. The van der Waals surface area contributed by atoms with E-state index in [1.165, 1.54) is 5.57 Å². The third-order valence-electron chi connectivity index (χ3n) is 6.93. The van der Waals surface area contributed by atoms with Gasteiger partial charge in [0.25, 0.3) is 0 Å². The van der Waals surface area contributed by atoms with Gasteiger partial charge in [0, 0.05) is 10.8 Å². The van der Waals surface area contributed by atoms with Crippen LogP contribution in [-0.2, 0) is 19.0 Å². The molecule has 2 heterocycles. The van der Waals surface area contributed by atoms with Crippen LogP contribution in [-0.4, -0.2) is 65.3 Å². The zero-order valence-corrected chi connectivity index (χ0v) is 14.6. The number of carbonyl (C=O) groups excluding carboxylic acids is 1. The van der Waals surface area contributed by atoms with Gasteiger partial charge in [0.15, 0.2) is 6.10 Å². The lowest BCUT2D eigenvalue weighted by Crippen LogP contribution is -2.66. The smallest absolute Gasteiger partial charge is 0.321 e. The van der Waals surface area contributed by atoms with Gasteiger partial charge in [0.2, 0.25) is 0 Å². The number of fused-ring (bicyclic) bond motifs is 2. The zero-order chi connectivity index (χ0) is 17.3. The first-order valence-corrected chi connectivity index (χ1v) is 8.91. The Balaban J connectivity index is 1.82. The van der Waals surface area contributed by atoms with Gasteiger partial charge in [-0.1, -0.05) is 18.6 Å². The molecule has 0 aromatic carbocycles. The summed E-state index contributed by atoms with van der Waals surface area (Å²) in [6, 6.07) is 0. The Kier molecular flexibility index (Phi) is 3.62. The average Bonchev–Trinajstić information content (AvgIpc) is 3.35. The largest absolute Gasteiger partial charge is 0.456 e. The monoisotopic (exact) mass is 358 g/mol. The normalized spacial score (nSPS) is 52.0. The van der Waals surface area contributed by atoms with Crippen molar-refractivity contribution in [1.29, 1.82) is 0 Å². The lowest BCUT2D eigenvalue weighted by atomic mass is 9.51. The molecule has 0 radical (unpaired) electrons. The van der Waals surface area contributed by atoms with Crippen LogP contribution in [0.4, 0.5) is 0 Å². The van der Waals surface area contributed by atoms with Gasteiger partial charge in [-0.2, -0.15) is 0 Å². The van der Waals surface area contributed by atoms with E-state index in [0.717, 1.165) is 6.42 Å². The van der Waals surface area contributed by atoms with Crippen molar-refractivity contribution in [3.05, 3.63) is 11.6 Å². The van der Waals surface area contributed by atoms with E-state index in [9.17, 15) is 15.0 Å². The molecule has 134 valence electrons. The number of alkyl halides is 1. The topological polar surface area (TPSA) is 88.5 Å². The Labute approximate surface area is 145 Å². The summed E-state index contributed by atoms with van der Waals surface area (Å²) in [4.78, 5) is 11.7. The van der Waals surface area contributed by atoms with E-state index in [-0.39, 0.29) is 18.6 Å². The highest BCUT2D eigenvalue weighted by Gasteiger charge is 2.85. The quantitative estimate of drug-likeness (QED) is 0.335. The summed E-state index contributed by atoms with van der Waals surface area (Å²) in [6.45, 7) is 4.28. The molecule has 2 aliphatic carbocycles. The van der Waals surface area contributed by atoms with Crippen LogP contribution in [0.3, 0.4) is 0 Å². The molecule has 0 amide bonds. The first kappa shape index (κ1) is 16.8. The molecule has 2 bridgehead atoms. The summed E-state index contributed by atoms with van der Waals surface area (Å²) in [5.41, 5.74) is -0.955. The zero-order valence-electron chi connectivity index (χ0n) is 13.8. The van der Waals surface area contributed by atoms with Crippen LogP contribution in [0.1, 0.15) is 26.7 Å². The fraction of sp³-hybridized carbons (Fsp3) is 0.824. The number of esters is 1. The van der Waals surface area contributed by atoms with Gasteiger partial charge in [-0.15, -0.1) is 11.6 Å². The highest BCUT2D eigenvalue weighted by atomic mass is 35.5. The Morgan fingerprint density at radius 2 is 2.25 bits per heavy atom. The summed E-state index contributed by atoms with van der Waals surface area (Å²) in [7, 11) is 0.